The van der Waals surface area contributed by atoms with Gasteiger partial charge in [-0.3, -0.25) is 9.69 Å². The normalized spacial score (nSPS) is 13.1. The Labute approximate surface area is 73.6 Å². The third kappa shape index (κ3) is 5.09. The number of hydrogen-bond acceptors (Lipinski definition) is 3. The molecule has 0 rings (SSSR count). The van der Waals surface area contributed by atoms with Crippen molar-refractivity contribution < 1.29 is 9.90 Å². The Morgan fingerprint density at radius 2 is 2.08 bits per heavy atom. The first-order valence-electron chi connectivity index (χ1n) is 4.13. The summed E-state index contributed by atoms with van der Waals surface area (Å²) in [6, 6.07) is 0. The minimum Gasteiger partial charge on any atom is -0.374 e. The van der Waals surface area contributed by atoms with Gasteiger partial charge in [-0.05, 0) is 20.0 Å². The summed E-state index contributed by atoms with van der Waals surface area (Å²) in [5.74, 6) is -0.193. The molecule has 12 heavy (non-hydrogen) atoms. The predicted molar refractivity (Wildman–Crippen MR) is 47.3 cm³/mol. The molecule has 4 heteroatoms. The lowest BCUT2D eigenvalue weighted by Crippen LogP contribution is -2.40. The molecule has 0 spiro atoms. The van der Waals surface area contributed by atoms with Crippen molar-refractivity contribution in [3.05, 3.63) is 6.92 Å². The largest absolute Gasteiger partial charge is 0.374 e. The summed E-state index contributed by atoms with van der Waals surface area (Å²) in [6.07, 6.45) is -1.01. The quantitative estimate of drug-likeness (QED) is 0.556. The summed E-state index contributed by atoms with van der Waals surface area (Å²) in [5.41, 5.74) is 0. The zero-order valence-electron chi connectivity index (χ0n) is 7.71. The first kappa shape index (κ1) is 11.4. The molecular formula is C8H17N2O2. The number of nitrogens with one attached hydrogen (secondary N) is 1. The van der Waals surface area contributed by atoms with E-state index in [0.29, 0.717) is 6.54 Å². The number of amides is 1. The van der Waals surface area contributed by atoms with Crippen molar-refractivity contribution in [2.45, 2.75) is 20.1 Å². The average Bonchev–Trinajstić information content (AvgIpc) is 1.98. The van der Waals surface area contributed by atoms with Gasteiger partial charge in [0.15, 0.2) is 0 Å². The fourth-order valence-electron chi connectivity index (χ4n) is 0.882. The van der Waals surface area contributed by atoms with Gasteiger partial charge in [0.2, 0.25) is 5.91 Å². The van der Waals surface area contributed by atoms with Crippen molar-refractivity contribution in [2.75, 3.05) is 19.6 Å². The van der Waals surface area contributed by atoms with Gasteiger partial charge in [0, 0.05) is 0 Å². The van der Waals surface area contributed by atoms with Crippen LogP contribution in [0.1, 0.15) is 13.8 Å². The molecule has 0 aromatic rings. The SMILES string of the molecule is [CH2]C(O)NC(=O)CN(CC)CC. The second kappa shape index (κ2) is 5.97. The van der Waals surface area contributed by atoms with E-state index in [1.807, 2.05) is 18.7 Å². The molecule has 71 valence electrons. The number of aliphatic hydroxyl groups is 1. The smallest absolute Gasteiger partial charge is 0.236 e. The average molecular weight is 173 g/mol. The van der Waals surface area contributed by atoms with Gasteiger partial charge in [-0.1, -0.05) is 13.8 Å². The zero-order valence-corrected chi connectivity index (χ0v) is 7.71. The number of carbonyl (C=O) groups is 1. The van der Waals surface area contributed by atoms with Crippen molar-refractivity contribution in [1.29, 1.82) is 0 Å². The molecular weight excluding hydrogens is 156 g/mol. The Morgan fingerprint density at radius 1 is 1.58 bits per heavy atom. The lowest BCUT2D eigenvalue weighted by Gasteiger charge is -2.17. The molecule has 0 aliphatic carbocycles. The van der Waals surface area contributed by atoms with Gasteiger partial charge in [-0.15, -0.1) is 0 Å². The molecule has 0 aliphatic rings. The van der Waals surface area contributed by atoms with Crippen molar-refractivity contribution >= 4 is 5.91 Å². The maximum Gasteiger partial charge on any atom is 0.236 e. The predicted octanol–water partition coefficient (Wildman–Crippen LogP) is -0.403. The topological polar surface area (TPSA) is 52.6 Å². The lowest BCUT2D eigenvalue weighted by atomic mass is 10.4. The van der Waals surface area contributed by atoms with Crippen LogP contribution in [0.2, 0.25) is 0 Å². The van der Waals surface area contributed by atoms with Gasteiger partial charge >= 0.3 is 0 Å². The van der Waals surface area contributed by atoms with Crippen molar-refractivity contribution in [3.8, 4) is 0 Å². The van der Waals surface area contributed by atoms with Crippen LogP contribution in [0, 0.1) is 6.92 Å². The van der Waals surface area contributed by atoms with Crippen molar-refractivity contribution in [2.24, 2.45) is 0 Å². The van der Waals surface area contributed by atoms with Crippen molar-refractivity contribution in [3.63, 3.8) is 0 Å². The van der Waals surface area contributed by atoms with Gasteiger partial charge in [-0.2, -0.15) is 0 Å². The fraction of sp³-hybridized carbons (Fsp3) is 0.750. The number of hydrogen-bond donors (Lipinski definition) is 2. The number of aliphatic hydroxyl groups excluding tert-OH is 1. The Balaban J connectivity index is 3.66. The minimum atomic E-state index is -1.01. The molecule has 1 amide bonds. The standard InChI is InChI=1S/C8H17N2O2/c1-4-10(5-2)6-8(12)9-7(3)11/h7,11H,3-6H2,1-2H3,(H,9,12). The van der Waals surface area contributed by atoms with E-state index in [1.54, 1.807) is 0 Å². The zero-order chi connectivity index (χ0) is 9.56. The van der Waals surface area contributed by atoms with Gasteiger partial charge in [0.25, 0.3) is 0 Å². The van der Waals surface area contributed by atoms with Crippen LogP contribution >= 0.6 is 0 Å². The van der Waals surface area contributed by atoms with E-state index in [-0.39, 0.29) is 5.91 Å². The molecule has 0 fully saturated rings. The van der Waals surface area contributed by atoms with E-state index in [4.69, 9.17) is 5.11 Å². The first-order chi connectivity index (χ1) is 5.60. The molecule has 0 saturated heterocycles. The monoisotopic (exact) mass is 173 g/mol. The highest BCUT2D eigenvalue weighted by Crippen LogP contribution is 1.85. The fourth-order valence-corrected chi connectivity index (χ4v) is 0.882. The maximum atomic E-state index is 11.0. The molecule has 0 aliphatic heterocycles. The van der Waals surface area contributed by atoms with Crippen LogP contribution in [0.25, 0.3) is 0 Å². The highest BCUT2D eigenvalue weighted by molar-refractivity contribution is 5.78. The Hall–Kier alpha value is -0.610. The third-order valence-electron chi connectivity index (χ3n) is 1.59. The van der Waals surface area contributed by atoms with Crippen LogP contribution in [0.15, 0.2) is 0 Å². The molecule has 1 radical (unpaired) electrons. The van der Waals surface area contributed by atoms with Crippen LogP contribution in [0.4, 0.5) is 0 Å². The van der Waals surface area contributed by atoms with E-state index in [2.05, 4.69) is 12.2 Å². The molecule has 0 aromatic heterocycles. The van der Waals surface area contributed by atoms with Crippen LogP contribution < -0.4 is 5.32 Å². The summed E-state index contributed by atoms with van der Waals surface area (Å²) in [5, 5.41) is 11.0. The molecule has 0 saturated carbocycles. The number of carbonyl (C=O) groups excluding carboxylic acids is 1. The Bertz CT molecular complexity index is 133. The van der Waals surface area contributed by atoms with E-state index in [1.165, 1.54) is 0 Å². The van der Waals surface area contributed by atoms with Gasteiger partial charge < -0.3 is 10.4 Å². The molecule has 1 atom stereocenters. The second-order valence-electron chi connectivity index (χ2n) is 2.54. The molecule has 1 unspecified atom stereocenters. The highest BCUT2D eigenvalue weighted by Gasteiger charge is 2.07. The van der Waals surface area contributed by atoms with E-state index in [0.717, 1.165) is 13.1 Å². The van der Waals surface area contributed by atoms with Gasteiger partial charge in [-0.25, -0.2) is 0 Å². The van der Waals surface area contributed by atoms with Crippen LogP contribution in [0.3, 0.4) is 0 Å². The molecule has 4 nitrogen and oxygen atoms in total. The summed E-state index contributed by atoms with van der Waals surface area (Å²) >= 11 is 0. The summed E-state index contributed by atoms with van der Waals surface area (Å²) in [4.78, 5) is 13.0. The second-order valence-corrected chi connectivity index (χ2v) is 2.54. The van der Waals surface area contributed by atoms with Gasteiger partial charge in [0.05, 0.1) is 6.54 Å². The summed E-state index contributed by atoms with van der Waals surface area (Å²) < 4.78 is 0. The third-order valence-corrected chi connectivity index (χ3v) is 1.59. The van der Waals surface area contributed by atoms with Crippen LogP contribution in [-0.4, -0.2) is 41.8 Å². The van der Waals surface area contributed by atoms with Crippen LogP contribution in [0.5, 0.6) is 0 Å². The number of rotatable bonds is 5. The van der Waals surface area contributed by atoms with Gasteiger partial charge in [0.1, 0.15) is 6.23 Å². The number of likely N-dealkylation sites (N-methyl/N-ethyl adjacent to an activating group) is 1. The molecule has 0 bridgehead atoms. The summed E-state index contributed by atoms with van der Waals surface area (Å²) in [6.45, 7) is 9.19. The Kier molecular flexibility index (Phi) is 5.66. The molecule has 0 aromatic carbocycles. The van der Waals surface area contributed by atoms with E-state index in [9.17, 15) is 4.79 Å². The maximum absolute atomic E-state index is 11.0. The molecule has 2 N–H and O–H groups in total. The van der Waals surface area contributed by atoms with E-state index >= 15 is 0 Å². The van der Waals surface area contributed by atoms with Crippen molar-refractivity contribution in [1.82, 2.24) is 10.2 Å². The van der Waals surface area contributed by atoms with Crippen LogP contribution in [-0.2, 0) is 4.79 Å². The highest BCUT2D eigenvalue weighted by atomic mass is 16.3. The minimum absolute atomic E-state index is 0.193. The van der Waals surface area contributed by atoms with E-state index < -0.39 is 6.23 Å². The molecule has 0 heterocycles. The summed E-state index contributed by atoms with van der Waals surface area (Å²) in [7, 11) is 0. The number of nitrogens with zero attached hydrogens (tertiary/aromatic N) is 1. The lowest BCUT2D eigenvalue weighted by molar-refractivity contribution is -0.124. The first-order valence-corrected chi connectivity index (χ1v) is 4.13. The Morgan fingerprint density at radius 3 is 2.42 bits per heavy atom.